The molecule has 0 saturated heterocycles. The van der Waals surface area contributed by atoms with Crippen LogP contribution in [0, 0.1) is 11.6 Å². The molecule has 0 aliphatic carbocycles. The summed E-state index contributed by atoms with van der Waals surface area (Å²) in [5.41, 5.74) is 7.13. The fourth-order valence-corrected chi connectivity index (χ4v) is 2.04. The van der Waals surface area contributed by atoms with Crippen LogP contribution in [0.5, 0.6) is 0 Å². The second-order valence-corrected chi connectivity index (χ2v) is 4.44. The molecule has 0 amide bonds. The van der Waals surface area contributed by atoms with Crippen molar-refractivity contribution in [2.24, 2.45) is 0 Å². The summed E-state index contributed by atoms with van der Waals surface area (Å²) in [6.07, 6.45) is 0.497. The van der Waals surface area contributed by atoms with Gasteiger partial charge in [-0.25, -0.2) is 8.78 Å². The molecular weight excluding hydrogens is 246 g/mol. The van der Waals surface area contributed by atoms with E-state index in [0.29, 0.717) is 29.9 Å². The summed E-state index contributed by atoms with van der Waals surface area (Å²) in [5, 5.41) is 0. The third kappa shape index (κ3) is 3.02. The average molecular weight is 262 g/mol. The Balaban J connectivity index is 2.10. The van der Waals surface area contributed by atoms with Crippen molar-refractivity contribution in [2.75, 3.05) is 24.2 Å². The molecule has 0 spiro atoms. The number of hydrogen-bond acceptors (Lipinski definition) is 2. The van der Waals surface area contributed by atoms with Gasteiger partial charge in [-0.05, 0) is 30.2 Å². The highest BCUT2D eigenvalue weighted by atomic mass is 19.1. The zero-order valence-corrected chi connectivity index (χ0v) is 10.7. The number of hydrogen-bond donors (Lipinski definition) is 1. The third-order valence-electron chi connectivity index (χ3n) is 3.07. The number of nitrogens with two attached hydrogens (primary N) is 1. The first-order valence-corrected chi connectivity index (χ1v) is 6.08. The van der Waals surface area contributed by atoms with Gasteiger partial charge in [0.2, 0.25) is 0 Å². The Labute approximate surface area is 111 Å². The second kappa shape index (κ2) is 5.69. The summed E-state index contributed by atoms with van der Waals surface area (Å²) in [7, 11) is 1.75. The minimum absolute atomic E-state index is 0.239. The molecule has 0 aliphatic rings. The predicted octanol–water partition coefficient (Wildman–Crippen LogP) is 3.23. The lowest BCUT2D eigenvalue weighted by Gasteiger charge is -2.21. The summed E-state index contributed by atoms with van der Waals surface area (Å²) in [5.74, 6) is -0.603. The standard InChI is InChI=1S/C15H16F2N2/c1-19(15-13(17)7-4-8-14(15)18)10-9-11-5-2-3-6-12(11)16/h2-8H,9-10,18H2,1H3. The lowest BCUT2D eigenvalue weighted by molar-refractivity contribution is 0.605. The topological polar surface area (TPSA) is 29.3 Å². The van der Waals surface area contributed by atoms with E-state index in [1.807, 2.05) is 0 Å². The minimum Gasteiger partial charge on any atom is -0.397 e. The fourth-order valence-electron chi connectivity index (χ4n) is 2.04. The van der Waals surface area contributed by atoms with Crippen LogP contribution < -0.4 is 10.6 Å². The van der Waals surface area contributed by atoms with E-state index < -0.39 is 0 Å². The van der Waals surface area contributed by atoms with Gasteiger partial charge in [0.15, 0.2) is 0 Å². The van der Waals surface area contributed by atoms with Crippen LogP contribution in [0.2, 0.25) is 0 Å². The Bertz CT molecular complexity index is 550. The van der Waals surface area contributed by atoms with E-state index >= 15 is 0 Å². The lowest BCUT2D eigenvalue weighted by atomic mass is 10.1. The first-order chi connectivity index (χ1) is 9.09. The summed E-state index contributed by atoms with van der Waals surface area (Å²) < 4.78 is 27.2. The normalized spacial score (nSPS) is 10.5. The number of benzene rings is 2. The highest BCUT2D eigenvalue weighted by molar-refractivity contribution is 5.67. The van der Waals surface area contributed by atoms with Gasteiger partial charge in [0.1, 0.15) is 11.6 Å². The Morgan fingerprint density at radius 2 is 1.68 bits per heavy atom. The van der Waals surface area contributed by atoms with Crippen LogP contribution in [-0.4, -0.2) is 13.6 Å². The van der Waals surface area contributed by atoms with Crippen molar-refractivity contribution in [2.45, 2.75) is 6.42 Å². The van der Waals surface area contributed by atoms with E-state index in [2.05, 4.69) is 0 Å². The molecule has 2 N–H and O–H groups in total. The van der Waals surface area contributed by atoms with E-state index in [0.717, 1.165) is 0 Å². The Kier molecular flexibility index (Phi) is 4.00. The molecule has 0 unspecified atom stereocenters. The van der Waals surface area contributed by atoms with Gasteiger partial charge in [0, 0.05) is 13.6 Å². The Morgan fingerprint density at radius 3 is 2.37 bits per heavy atom. The molecule has 0 aromatic heterocycles. The van der Waals surface area contributed by atoms with Crippen LogP contribution in [0.3, 0.4) is 0 Å². The van der Waals surface area contributed by atoms with Gasteiger partial charge in [0.25, 0.3) is 0 Å². The van der Waals surface area contributed by atoms with Crippen LogP contribution in [0.15, 0.2) is 42.5 Å². The summed E-state index contributed by atoms with van der Waals surface area (Å²) in [4.78, 5) is 1.71. The van der Waals surface area contributed by atoms with E-state index in [1.54, 1.807) is 42.3 Å². The maximum absolute atomic E-state index is 13.7. The van der Waals surface area contributed by atoms with Crippen molar-refractivity contribution in [3.8, 4) is 0 Å². The molecule has 0 atom stereocenters. The van der Waals surface area contributed by atoms with Gasteiger partial charge in [-0.3, -0.25) is 0 Å². The highest BCUT2D eigenvalue weighted by Gasteiger charge is 2.11. The quantitative estimate of drug-likeness (QED) is 0.857. The predicted molar refractivity (Wildman–Crippen MR) is 74.2 cm³/mol. The lowest BCUT2D eigenvalue weighted by Crippen LogP contribution is -2.22. The number of rotatable bonds is 4. The van der Waals surface area contributed by atoms with Crippen molar-refractivity contribution in [3.63, 3.8) is 0 Å². The Hall–Kier alpha value is -2.10. The molecule has 100 valence electrons. The summed E-state index contributed by atoms with van der Waals surface area (Å²) in [6, 6.07) is 11.2. The van der Waals surface area contributed by atoms with Crippen LogP contribution >= 0.6 is 0 Å². The molecule has 2 aromatic rings. The molecule has 0 saturated carbocycles. The van der Waals surface area contributed by atoms with Gasteiger partial charge in [0.05, 0.1) is 11.4 Å². The molecular formula is C15H16F2N2. The van der Waals surface area contributed by atoms with Crippen LogP contribution in [0.4, 0.5) is 20.2 Å². The van der Waals surface area contributed by atoms with Crippen molar-refractivity contribution in [1.82, 2.24) is 0 Å². The van der Waals surface area contributed by atoms with E-state index in [4.69, 9.17) is 5.73 Å². The van der Waals surface area contributed by atoms with Crippen molar-refractivity contribution in [1.29, 1.82) is 0 Å². The monoisotopic (exact) mass is 262 g/mol. The van der Waals surface area contributed by atoms with Crippen molar-refractivity contribution >= 4 is 11.4 Å². The number of likely N-dealkylation sites (N-methyl/N-ethyl adjacent to an activating group) is 1. The zero-order valence-electron chi connectivity index (χ0n) is 10.7. The molecule has 2 aromatic carbocycles. The van der Waals surface area contributed by atoms with Gasteiger partial charge >= 0.3 is 0 Å². The van der Waals surface area contributed by atoms with Crippen LogP contribution in [0.25, 0.3) is 0 Å². The third-order valence-corrected chi connectivity index (χ3v) is 3.07. The van der Waals surface area contributed by atoms with Gasteiger partial charge in [-0.1, -0.05) is 24.3 Å². The average Bonchev–Trinajstić information content (AvgIpc) is 2.37. The SMILES string of the molecule is CN(CCc1ccccc1F)c1c(N)cccc1F. The Morgan fingerprint density at radius 1 is 1.00 bits per heavy atom. The summed E-state index contributed by atoms with van der Waals surface area (Å²) in [6.45, 7) is 0.492. The molecule has 4 heteroatoms. The molecule has 0 aliphatic heterocycles. The van der Waals surface area contributed by atoms with Crippen molar-refractivity contribution < 1.29 is 8.78 Å². The molecule has 0 heterocycles. The van der Waals surface area contributed by atoms with E-state index in [9.17, 15) is 8.78 Å². The zero-order chi connectivity index (χ0) is 13.8. The molecule has 0 fully saturated rings. The van der Waals surface area contributed by atoms with Gasteiger partial charge in [-0.15, -0.1) is 0 Å². The largest absolute Gasteiger partial charge is 0.397 e. The molecule has 0 radical (unpaired) electrons. The number of halogens is 2. The van der Waals surface area contributed by atoms with Crippen LogP contribution in [-0.2, 0) is 6.42 Å². The number of nitrogens with zero attached hydrogens (tertiary/aromatic N) is 1. The first kappa shape index (κ1) is 13.3. The van der Waals surface area contributed by atoms with Crippen LogP contribution in [0.1, 0.15) is 5.56 Å². The maximum Gasteiger partial charge on any atom is 0.148 e. The molecule has 2 nitrogen and oxygen atoms in total. The smallest absolute Gasteiger partial charge is 0.148 e. The second-order valence-electron chi connectivity index (χ2n) is 4.44. The highest BCUT2D eigenvalue weighted by Crippen LogP contribution is 2.25. The first-order valence-electron chi connectivity index (χ1n) is 6.08. The minimum atomic E-state index is -0.365. The molecule has 19 heavy (non-hydrogen) atoms. The maximum atomic E-state index is 13.7. The fraction of sp³-hybridized carbons (Fsp3) is 0.200. The molecule has 2 rings (SSSR count). The van der Waals surface area contributed by atoms with Gasteiger partial charge < -0.3 is 10.6 Å². The number of nitrogen functional groups attached to an aromatic ring is 1. The van der Waals surface area contributed by atoms with E-state index in [-0.39, 0.29) is 11.6 Å². The molecule has 0 bridgehead atoms. The number of anilines is 2. The number of para-hydroxylation sites is 1. The van der Waals surface area contributed by atoms with Crippen molar-refractivity contribution in [3.05, 3.63) is 59.7 Å². The summed E-state index contributed by atoms with van der Waals surface area (Å²) >= 11 is 0. The van der Waals surface area contributed by atoms with E-state index in [1.165, 1.54) is 12.1 Å². The van der Waals surface area contributed by atoms with Gasteiger partial charge in [-0.2, -0.15) is 0 Å².